The van der Waals surface area contributed by atoms with Crippen LogP contribution in [0.15, 0.2) is 59.4 Å². The zero-order valence-electron chi connectivity index (χ0n) is 19.6. The molecule has 2 amide bonds. The molecule has 0 atom stereocenters. The maximum Gasteiger partial charge on any atom is 0.433 e. The molecule has 0 unspecified atom stereocenters. The van der Waals surface area contributed by atoms with Gasteiger partial charge in [0.1, 0.15) is 17.3 Å². The first-order valence-electron chi connectivity index (χ1n) is 11.7. The molecule has 1 aliphatic rings. The van der Waals surface area contributed by atoms with E-state index >= 15 is 0 Å². The molecular weight excluding hydrogens is 506 g/mol. The Hall–Kier alpha value is -3.73. The molecule has 4 heterocycles. The van der Waals surface area contributed by atoms with E-state index in [1.165, 1.54) is 35.6 Å². The van der Waals surface area contributed by atoms with Gasteiger partial charge in [-0.25, -0.2) is 19.2 Å². The fourth-order valence-corrected chi connectivity index (χ4v) is 5.05. The van der Waals surface area contributed by atoms with Crippen LogP contribution >= 0.6 is 11.3 Å². The van der Waals surface area contributed by atoms with Crippen LogP contribution in [0.3, 0.4) is 0 Å². The van der Waals surface area contributed by atoms with Gasteiger partial charge in [0.15, 0.2) is 0 Å². The number of carbonyl (C=O) groups is 1. The molecule has 1 saturated heterocycles. The van der Waals surface area contributed by atoms with Crippen LogP contribution in [0.2, 0.25) is 0 Å². The highest BCUT2D eigenvalue weighted by molar-refractivity contribution is 7.08. The second-order valence-electron chi connectivity index (χ2n) is 8.87. The summed E-state index contributed by atoms with van der Waals surface area (Å²) in [5.41, 5.74) is 1.02. The summed E-state index contributed by atoms with van der Waals surface area (Å²) in [6, 6.07) is 9.68. The molecule has 0 radical (unpaired) electrons. The number of anilines is 2. The highest BCUT2D eigenvalue weighted by atomic mass is 32.1. The van der Waals surface area contributed by atoms with Crippen molar-refractivity contribution in [1.82, 2.24) is 14.9 Å². The van der Waals surface area contributed by atoms with E-state index in [-0.39, 0.29) is 17.5 Å². The number of nitrogens with one attached hydrogen (secondary N) is 2. The lowest BCUT2D eigenvalue weighted by Gasteiger charge is -2.32. The number of hydrogen-bond acceptors (Lipinski definition) is 5. The number of amides is 2. The number of likely N-dealkylation sites (tertiary alicyclic amines) is 1. The summed E-state index contributed by atoms with van der Waals surface area (Å²) < 4.78 is 53.5. The molecule has 11 heteroatoms. The van der Waals surface area contributed by atoms with Crippen molar-refractivity contribution < 1.29 is 22.4 Å². The van der Waals surface area contributed by atoms with E-state index in [9.17, 15) is 22.4 Å². The smallest absolute Gasteiger partial charge is 0.369 e. The molecule has 5 rings (SSSR count). The van der Waals surface area contributed by atoms with E-state index in [0.717, 1.165) is 24.5 Å². The number of hydrogen-bond donors (Lipinski definition) is 2. The summed E-state index contributed by atoms with van der Waals surface area (Å²) in [5.74, 6) is 0.299. The number of halogens is 4. The second kappa shape index (κ2) is 10.3. The third kappa shape index (κ3) is 5.66. The lowest BCUT2D eigenvalue weighted by molar-refractivity contribution is -0.140. The highest BCUT2D eigenvalue weighted by Crippen LogP contribution is 2.35. The molecular formula is C26H23F4N5OS. The lowest BCUT2D eigenvalue weighted by Crippen LogP contribution is -2.42. The van der Waals surface area contributed by atoms with Crippen LogP contribution in [-0.4, -0.2) is 40.5 Å². The van der Waals surface area contributed by atoms with Gasteiger partial charge in [-0.3, -0.25) is 0 Å². The van der Waals surface area contributed by atoms with Gasteiger partial charge >= 0.3 is 12.2 Å². The van der Waals surface area contributed by atoms with Crippen molar-refractivity contribution in [1.29, 1.82) is 0 Å². The van der Waals surface area contributed by atoms with Gasteiger partial charge < -0.3 is 15.5 Å². The Morgan fingerprint density at radius 3 is 2.65 bits per heavy atom. The van der Waals surface area contributed by atoms with Crippen LogP contribution in [0.5, 0.6) is 0 Å². The number of fused-ring (bicyclic) bond motifs is 1. The predicted molar refractivity (Wildman–Crippen MR) is 136 cm³/mol. The SMILES string of the molecule is O=C(Nc1cccc(F)c1)N1CCC(CNc2ncc(-c3ccsc3)c3nc(C(F)(F)F)ccc23)CC1. The summed E-state index contributed by atoms with van der Waals surface area (Å²) >= 11 is 1.45. The van der Waals surface area contributed by atoms with Gasteiger partial charge in [-0.2, -0.15) is 24.5 Å². The van der Waals surface area contributed by atoms with Crippen LogP contribution in [0.1, 0.15) is 18.5 Å². The van der Waals surface area contributed by atoms with Crippen LogP contribution < -0.4 is 10.6 Å². The van der Waals surface area contributed by atoms with Gasteiger partial charge in [0, 0.05) is 42.5 Å². The van der Waals surface area contributed by atoms with Crippen LogP contribution in [-0.2, 0) is 6.18 Å². The molecule has 6 nitrogen and oxygen atoms in total. The number of pyridine rings is 2. The van der Waals surface area contributed by atoms with Gasteiger partial charge in [0.05, 0.1) is 5.52 Å². The number of urea groups is 1. The van der Waals surface area contributed by atoms with Crippen LogP contribution in [0, 0.1) is 11.7 Å². The molecule has 37 heavy (non-hydrogen) atoms. The van der Waals surface area contributed by atoms with Gasteiger partial charge in [-0.05, 0) is 71.5 Å². The van der Waals surface area contributed by atoms with Crippen LogP contribution in [0.4, 0.5) is 33.9 Å². The standard InChI is InChI=1S/C26H23F4N5OS/c27-18-2-1-3-19(12-18)33-25(36)35-9-6-16(7-10-35)13-31-24-20-4-5-22(26(28,29)30)34-23(20)21(14-32-24)17-8-11-37-15-17/h1-5,8,11-12,14-16H,6-7,9-10,13H2,(H,31,32)(H,33,36). The summed E-state index contributed by atoms with van der Waals surface area (Å²) in [4.78, 5) is 22.7. The third-order valence-electron chi connectivity index (χ3n) is 6.39. The number of aromatic nitrogens is 2. The molecule has 3 aromatic heterocycles. The molecule has 0 bridgehead atoms. The Morgan fingerprint density at radius 2 is 1.95 bits per heavy atom. The normalized spacial score (nSPS) is 14.6. The Kier molecular flexibility index (Phi) is 6.96. The number of carbonyl (C=O) groups excluding carboxylic acids is 1. The summed E-state index contributed by atoms with van der Waals surface area (Å²) in [6.07, 6.45) is -1.51. The van der Waals surface area contributed by atoms with Crippen molar-refractivity contribution in [2.75, 3.05) is 30.3 Å². The summed E-state index contributed by atoms with van der Waals surface area (Å²) in [7, 11) is 0. The predicted octanol–water partition coefficient (Wildman–Crippen LogP) is 6.87. The molecule has 192 valence electrons. The molecule has 2 N–H and O–H groups in total. The third-order valence-corrected chi connectivity index (χ3v) is 7.07. The highest BCUT2D eigenvalue weighted by Gasteiger charge is 2.33. The number of benzene rings is 1. The van der Waals surface area contributed by atoms with E-state index < -0.39 is 17.7 Å². The number of nitrogens with zero attached hydrogens (tertiary/aromatic N) is 3. The molecule has 4 aromatic rings. The molecule has 0 spiro atoms. The Bertz CT molecular complexity index is 1400. The maximum absolute atomic E-state index is 13.4. The van der Waals surface area contributed by atoms with E-state index in [1.54, 1.807) is 17.2 Å². The first kappa shape index (κ1) is 24.9. The molecule has 0 saturated carbocycles. The van der Waals surface area contributed by atoms with Crippen molar-refractivity contribution in [3.63, 3.8) is 0 Å². The molecule has 1 aromatic carbocycles. The minimum atomic E-state index is -4.55. The number of piperidine rings is 1. The Morgan fingerprint density at radius 1 is 1.14 bits per heavy atom. The second-order valence-corrected chi connectivity index (χ2v) is 9.65. The first-order valence-corrected chi connectivity index (χ1v) is 12.7. The van der Waals surface area contributed by atoms with Gasteiger partial charge in [0.25, 0.3) is 0 Å². The molecule has 0 aliphatic carbocycles. The quantitative estimate of drug-likeness (QED) is 0.277. The minimum absolute atomic E-state index is 0.244. The van der Waals surface area contributed by atoms with Crippen molar-refractivity contribution in [2.45, 2.75) is 19.0 Å². The average molecular weight is 530 g/mol. The number of alkyl halides is 3. The van der Waals surface area contributed by atoms with Crippen molar-refractivity contribution in [3.8, 4) is 11.1 Å². The summed E-state index contributed by atoms with van der Waals surface area (Å²) in [5, 5.41) is 10.2. The summed E-state index contributed by atoms with van der Waals surface area (Å²) in [6.45, 7) is 1.63. The maximum atomic E-state index is 13.4. The van der Waals surface area contributed by atoms with Crippen molar-refractivity contribution in [3.05, 3.63) is 70.9 Å². The van der Waals surface area contributed by atoms with E-state index in [2.05, 4.69) is 20.6 Å². The number of rotatable bonds is 5. The molecule has 1 fully saturated rings. The Labute approximate surface area is 214 Å². The minimum Gasteiger partial charge on any atom is -0.369 e. The largest absolute Gasteiger partial charge is 0.433 e. The first-order chi connectivity index (χ1) is 17.8. The van der Waals surface area contributed by atoms with Gasteiger partial charge in [-0.15, -0.1) is 0 Å². The van der Waals surface area contributed by atoms with E-state index in [4.69, 9.17) is 0 Å². The van der Waals surface area contributed by atoms with E-state index in [0.29, 0.717) is 42.1 Å². The Balaban J connectivity index is 1.26. The van der Waals surface area contributed by atoms with Crippen LogP contribution in [0.25, 0.3) is 22.0 Å². The topological polar surface area (TPSA) is 70.2 Å². The van der Waals surface area contributed by atoms with Gasteiger partial charge in [0.2, 0.25) is 0 Å². The molecule has 1 aliphatic heterocycles. The monoisotopic (exact) mass is 529 g/mol. The fraction of sp³-hybridized carbons (Fsp3) is 0.269. The lowest BCUT2D eigenvalue weighted by atomic mass is 9.97. The van der Waals surface area contributed by atoms with Crippen molar-refractivity contribution >= 4 is 39.8 Å². The average Bonchev–Trinajstić information content (AvgIpc) is 3.41. The van der Waals surface area contributed by atoms with E-state index in [1.807, 2.05) is 16.8 Å². The number of thiophene rings is 1. The fourth-order valence-electron chi connectivity index (χ4n) is 4.39. The zero-order valence-corrected chi connectivity index (χ0v) is 20.4. The zero-order chi connectivity index (χ0) is 26.0. The van der Waals surface area contributed by atoms with Crippen molar-refractivity contribution in [2.24, 2.45) is 5.92 Å². The van der Waals surface area contributed by atoms with Gasteiger partial charge in [-0.1, -0.05) is 6.07 Å².